The molecule has 0 bridgehead atoms. The molecule has 2 aromatic rings. The average molecular weight is 314 g/mol. The van der Waals surface area contributed by atoms with Crippen LogP contribution in [0, 0.1) is 6.92 Å². The van der Waals surface area contributed by atoms with E-state index in [4.69, 9.17) is 0 Å². The number of hydrogen-bond donors (Lipinski definition) is 2. The van der Waals surface area contributed by atoms with Crippen molar-refractivity contribution in [3.63, 3.8) is 0 Å². The van der Waals surface area contributed by atoms with E-state index in [0.717, 1.165) is 11.8 Å². The third-order valence-electron chi connectivity index (χ3n) is 3.92. The number of aromatic amines is 2. The van der Waals surface area contributed by atoms with Crippen LogP contribution >= 0.6 is 0 Å². The topological polar surface area (TPSA) is 89.3 Å². The monoisotopic (exact) mass is 314 g/mol. The first-order valence-electron chi connectivity index (χ1n) is 7.47. The van der Waals surface area contributed by atoms with Crippen LogP contribution in [0.2, 0.25) is 0 Å². The molecule has 1 aliphatic rings. The van der Waals surface area contributed by atoms with E-state index in [2.05, 4.69) is 27.0 Å². The third-order valence-corrected chi connectivity index (χ3v) is 3.92. The van der Waals surface area contributed by atoms with E-state index in [9.17, 15) is 14.4 Å². The van der Waals surface area contributed by atoms with E-state index in [1.165, 1.54) is 5.56 Å². The van der Waals surface area contributed by atoms with Gasteiger partial charge in [-0.25, -0.2) is 4.79 Å². The number of piperazine rings is 1. The molecule has 0 unspecified atom stereocenters. The summed E-state index contributed by atoms with van der Waals surface area (Å²) in [7, 11) is 0. The van der Waals surface area contributed by atoms with Gasteiger partial charge in [-0.1, -0.05) is 12.1 Å². The van der Waals surface area contributed by atoms with Gasteiger partial charge in [0, 0.05) is 37.9 Å². The lowest BCUT2D eigenvalue weighted by Crippen LogP contribution is -2.49. The summed E-state index contributed by atoms with van der Waals surface area (Å²) >= 11 is 0. The Morgan fingerprint density at radius 2 is 1.78 bits per heavy atom. The summed E-state index contributed by atoms with van der Waals surface area (Å²) < 4.78 is 0. The Kier molecular flexibility index (Phi) is 4.01. The molecule has 2 N–H and O–H groups in total. The molecule has 1 saturated heterocycles. The van der Waals surface area contributed by atoms with Gasteiger partial charge >= 0.3 is 5.69 Å². The number of rotatable bonds is 2. The van der Waals surface area contributed by atoms with E-state index in [1.54, 1.807) is 4.90 Å². The quantitative estimate of drug-likeness (QED) is 0.836. The molecular formula is C16H18N4O3. The maximum absolute atomic E-state index is 12.4. The molecule has 0 radical (unpaired) electrons. The minimum atomic E-state index is -0.667. The number of carbonyl (C=O) groups is 1. The lowest BCUT2D eigenvalue weighted by molar-refractivity contribution is 0.0740. The number of H-pyrrole nitrogens is 2. The zero-order valence-electron chi connectivity index (χ0n) is 12.8. The predicted molar refractivity (Wildman–Crippen MR) is 87.0 cm³/mol. The van der Waals surface area contributed by atoms with Crippen molar-refractivity contribution in [1.82, 2.24) is 14.9 Å². The molecule has 0 atom stereocenters. The molecule has 0 saturated carbocycles. The van der Waals surface area contributed by atoms with Crippen LogP contribution in [-0.2, 0) is 0 Å². The molecular weight excluding hydrogens is 296 g/mol. The molecule has 0 aliphatic carbocycles. The van der Waals surface area contributed by atoms with Gasteiger partial charge in [-0.3, -0.25) is 14.6 Å². The summed E-state index contributed by atoms with van der Waals surface area (Å²) in [6, 6.07) is 9.36. The van der Waals surface area contributed by atoms with Gasteiger partial charge in [-0.05, 0) is 24.6 Å². The number of aromatic nitrogens is 2. The summed E-state index contributed by atoms with van der Waals surface area (Å²) in [5.74, 6) is -0.322. The van der Waals surface area contributed by atoms with E-state index in [0.29, 0.717) is 26.2 Å². The third kappa shape index (κ3) is 3.33. The largest absolute Gasteiger partial charge is 0.368 e. The first-order chi connectivity index (χ1) is 11.0. The Hall–Kier alpha value is -2.83. The van der Waals surface area contributed by atoms with Crippen molar-refractivity contribution in [3.8, 4) is 0 Å². The highest BCUT2D eigenvalue weighted by Crippen LogP contribution is 2.18. The number of benzene rings is 1. The fourth-order valence-corrected chi connectivity index (χ4v) is 2.75. The van der Waals surface area contributed by atoms with E-state index < -0.39 is 11.2 Å². The molecule has 3 rings (SSSR count). The standard InChI is InChI=1S/C16H18N4O3/c1-11-3-2-4-12(9-11)19-5-7-20(8-6-19)15(22)13-10-14(21)18-16(23)17-13/h2-4,9-10H,5-8H2,1H3,(H2,17,18,21,23). The summed E-state index contributed by atoms with van der Waals surface area (Å²) in [5, 5.41) is 0. The van der Waals surface area contributed by atoms with Crippen LogP contribution in [0.4, 0.5) is 5.69 Å². The van der Waals surface area contributed by atoms with Gasteiger partial charge in [-0.15, -0.1) is 0 Å². The average Bonchev–Trinajstić information content (AvgIpc) is 2.53. The summed E-state index contributed by atoms with van der Waals surface area (Å²) in [4.78, 5) is 43.3. The van der Waals surface area contributed by atoms with Crippen LogP contribution in [0.15, 0.2) is 39.9 Å². The molecule has 7 nitrogen and oxygen atoms in total. The molecule has 1 aromatic heterocycles. The fourth-order valence-electron chi connectivity index (χ4n) is 2.75. The van der Waals surface area contributed by atoms with Crippen molar-refractivity contribution < 1.29 is 4.79 Å². The van der Waals surface area contributed by atoms with Crippen LogP contribution in [0.1, 0.15) is 16.1 Å². The van der Waals surface area contributed by atoms with Gasteiger partial charge in [0.1, 0.15) is 5.69 Å². The number of anilines is 1. The van der Waals surface area contributed by atoms with Gasteiger partial charge in [0.15, 0.2) is 0 Å². The number of hydrogen-bond acceptors (Lipinski definition) is 4. The first kappa shape index (κ1) is 15.1. The highest BCUT2D eigenvalue weighted by molar-refractivity contribution is 5.92. The van der Waals surface area contributed by atoms with Crippen LogP contribution < -0.4 is 16.1 Å². The van der Waals surface area contributed by atoms with Crippen molar-refractivity contribution in [1.29, 1.82) is 0 Å². The second kappa shape index (κ2) is 6.12. The summed E-state index contributed by atoms with van der Waals surface area (Å²) in [6.07, 6.45) is 0. The maximum Gasteiger partial charge on any atom is 0.326 e. The lowest BCUT2D eigenvalue weighted by atomic mass is 10.2. The second-order valence-corrected chi connectivity index (χ2v) is 5.62. The number of amides is 1. The summed E-state index contributed by atoms with van der Waals surface area (Å²) in [5.41, 5.74) is 1.13. The smallest absolute Gasteiger partial charge is 0.326 e. The molecule has 1 aliphatic heterocycles. The minimum absolute atomic E-state index is 0.0303. The number of aryl methyl sites for hydroxylation is 1. The van der Waals surface area contributed by atoms with Crippen molar-refractivity contribution in [2.45, 2.75) is 6.92 Å². The van der Waals surface area contributed by atoms with Gasteiger partial charge in [-0.2, -0.15) is 0 Å². The van der Waals surface area contributed by atoms with Gasteiger partial charge in [0.25, 0.3) is 11.5 Å². The van der Waals surface area contributed by atoms with Crippen molar-refractivity contribution in [3.05, 3.63) is 62.4 Å². The van der Waals surface area contributed by atoms with E-state index >= 15 is 0 Å². The number of nitrogens with one attached hydrogen (secondary N) is 2. The van der Waals surface area contributed by atoms with E-state index in [1.807, 2.05) is 19.1 Å². The zero-order chi connectivity index (χ0) is 16.4. The van der Waals surface area contributed by atoms with Crippen LogP contribution in [-0.4, -0.2) is 47.0 Å². The van der Waals surface area contributed by atoms with Gasteiger partial charge in [0.05, 0.1) is 0 Å². The number of carbonyl (C=O) groups excluding carboxylic acids is 1. The maximum atomic E-state index is 12.4. The van der Waals surface area contributed by atoms with Gasteiger partial charge < -0.3 is 14.8 Å². The lowest BCUT2D eigenvalue weighted by Gasteiger charge is -2.36. The van der Waals surface area contributed by atoms with Gasteiger partial charge in [0.2, 0.25) is 0 Å². The second-order valence-electron chi connectivity index (χ2n) is 5.62. The fraction of sp³-hybridized carbons (Fsp3) is 0.312. The molecule has 2 heterocycles. The van der Waals surface area contributed by atoms with Crippen LogP contribution in [0.3, 0.4) is 0 Å². The Morgan fingerprint density at radius 3 is 2.43 bits per heavy atom. The van der Waals surface area contributed by atoms with E-state index in [-0.39, 0.29) is 11.6 Å². The molecule has 1 amide bonds. The normalized spacial score (nSPS) is 14.8. The molecule has 1 aromatic carbocycles. The van der Waals surface area contributed by atoms with Crippen molar-refractivity contribution in [2.75, 3.05) is 31.1 Å². The Morgan fingerprint density at radius 1 is 1.04 bits per heavy atom. The first-order valence-corrected chi connectivity index (χ1v) is 7.47. The Labute approximate surface area is 132 Å². The highest BCUT2D eigenvalue weighted by atomic mass is 16.2. The van der Waals surface area contributed by atoms with Crippen LogP contribution in [0.25, 0.3) is 0 Å². The highest BCUT2D eigenvalue weighted by Gasteiger charge is 2.23. The molecule has 0 spiro atoms. The molecule has 7 heteroatoms. The SMILES string of the molecule is Cc1cccc(N2CCN(C(=O)c3cc(=O)[nH]c(=O)[nH]3)CC2)c1. The number of nitrogens with zero attached hydrogens (tertiary/aromatic N) is 2. The molecule has 1 fully saturated rings. The Balaban J connectivity index is 1.70. The zero-order valence-corrected chi connectivity index (χ0v) is 12.8. The van der Waals surface area contributed by atoms with Crippen molar-refractivity contribution in [2.24, 2.45) is 0 Å². The minimum Gasteiger partial charge on any atom is -0.368 e. The molecule has 120 valence electrons. The van der Waals surface area contributed by atoms with Crippen LogP contribution in [0.5, 0.6) is 0 Å². The molecule has 23 heavy (non-hydrogen) atoms. The summed E-state index contributed by atoms with van der Waals surface area (Å²) in [6.45, 7) is 4.56. The Bertz CT molecular complexity index is 803. The van der Waals surface area contributed by atoms with Crippen molar-refractivity contribution >= 4 is 11.6 Å². The predicted octanol–water partition coefficient (Wildman–Crippen LogP) is 0.334.